The molecule has 0 aliphatic heterocycles. The van der Waals surface area contributed by atoms with Crippen LogP contribution in [0.1, 0.15) is 43.0 Å². The van der Waals surface area contributed by atoms with E-state index in [2.05, 4.69) is 6.92 Å². The predicted octanol–water partition coefficient (Wildman–Crippen LogP) is 2.93. The third kappa shape index (κ3) is 4.34. The van der Waals surface area contributed by atoms with E-state index in [4.69, 9.17) is 15.6 Å². The second kappa shape index (κ2) is 6.78. The smallest absolute Gasteiger partial charge is 0.337 e. The highest BCUT2D eigenvalue weighted by molar-refractivity contribution is 5.94. The highest BCUT2D eigenvalue weighted by Crippen LogP contribution is 2.20. The molecule has 4 heteroatoms. The lowest BCUT2D eigenvalue weighted by Crippen LogP contribution is -2.04. The average molecular weight is 237 g/mol. The molecule has 3 N–H and O–H groups in total. The summed E-state index contributed by atoms with van der Waals surface area (Å²) in [4.78, 5) is 10.9. The summed E-state index contributed by atoms with van der Waals surface area (Å²) in [6.07, 6.45) is 4.51. The Balaban J connectivity index is 2.49. The summed E-state index contributed by atoms with van der Waals surface area (Å²) in [7, 11) is 0. The molecule has 17 heavy (non-hydrogen) atoms. The van der Waals surface area contributed by atoms with Gasteiger partial charge in [0, 0.05) is 5.69 Å². The molecule has 94 valence electrons. The van der Waals surface area contributed by atoms with Gasteiger partial charge < -0.3 is 15.6 Å². The summed E-state index contributed by atoms with van der Waals surface area (Å²) >= 11 is 0. The topological polar surface area (TPSA) is 72.5 Å². The lowest BCUT2D eigenvalue weighted by molar-refractivity contribution is 0.0697. The number of ether oxygens (including phenoxy) is 1. The van der Waals surface area contributed by atoms with E-state index in [9.17, 15) is 4.79 Å². The zero-order valence-corrected chi connectivity index (χ0v) is 10.1. The monoisotopic (exact) mass is 237 g/mol. The Hall–Kier alpha value is -1.71. The largest absolute Gasteiger partial charge is 0.494 e. The molecular formula is C13H19NO3. The van der Waals surface area contributed by atoms with E-state index in [1.807, 2.05) is 0 Å². The van der Waals surface area contributed by atoms with Gasteiger partial charge in [-0.3, -0.25) is 0 Å². The van der Waals surface area contributed by atoms with Crippen LogP contribution >= 0.6 is 0 Å². The van der Waals surface area contributed by atoms with Crippen molar-refractivity contribution in [2.24, 2.45) is 0 Å². The van der Waals surface area contributed by atoms with E-state index in [0.29, 0.717) is 12.4 Å². The van der Waals surface area contributed by atoms with Crippen LogP contribution in [0, 0.1) is 0 Å². The lowest BCUT2D eigenvalue weighted by atomic mass is 10.1. The van der Waals surface area contributed by atoms with Gasteiger partial charge in [0.2, 0.25) is 0 Å². The Labute approximate surface area is 101 Å². The number of nitrogens with two attached hydrogens (primary N) is 1. The zero-order valence-electron chi connectivity index (χ0n) is 10.1. The molecule has 1 rings (SSSR count). The minimum absolute atomic E-state index is 0.0936. The van der Waals surface area contributed by atoms with Gasteiger partial charge in [-0.05, 0) is 24.6 Å². The van der Waals surface area contributed by atoms with E-state index in [1.54, 1.807) is 12.1 Å². The Morgan fingerprint density at radius 3 is 2.76 bits per heavy atom. The van der Waals surface area contributed by atoms with Crippen molar-refractivity contribution in [2.75, 3.05) is 12.3 Å². The van der Waals surface area contributed by atoms with Crippen LogP contribution in [0.5, 0.6) is 5.75 Å². The molecule has 0 aliphatic rings. The van der Waals surface area contributed by atoms with Crippen LogP contribution in [0.15, 0.2) is 18.2 Å². The molecule has 0 amide bonds. The number of rotatable bonds is 7. The van der Waals surface area contributed by atoms with Crippen molar-refractivity contribution in [1.82, 2.24) is 0 Å². The van der Waals surface area contributed by atoms with E-state index >= 15 is 0 Å². The molecule has 0 spiro atoms. The van der Waals surface area contributed by atoms with Gasteiger partial charge in [0.15, 0.2) is 0 Å². The minimum atomic E-state index is -1.03. The standard InChI is InChI=1S/C13H19NO3/c1-2-3-4-5-8-17-10-6-7-12(14)11(9-10)13(15)16/h6-7,9H,2-5,8,14H2,1H3,(H,15,16). The van der Waals surface area contributed by atoms with Crippen molar-refractivity contribution in [1.29, 1.82) is 0 Å². The molecular weight excluding hydrogens is 218 g/mol. The maximum atomic E-state index is 10.9. The number of hydrogen-bond donors (Lipinski definition) is 2. The Morgan fingerprint density at radius 1 is 1.35 bits per heavy atom. The van der Waals surface area contributed by atoms with Gasteiger partial charge in [0.25, 0.3) is 0 Å². The van der Waals surface area contributed by atoms with Crippen molar-refractivity contribution >= 4 is 11.7 Å². The van der Waals surface area contributed by atoms with Gasteiger partial charge in [-0.25, -0.2) is 4.79 Å². The number of nitrogen functional groups attached to an aromatic ring is 1. The van der Waals surface area contributed by atoms with Gasteiger partial charge in [-0.2, -0.15) is 0 Å². The number of carbonyl (C=O) groups is 1. The Morgan fingerprint density at radius 2 is 2.12 bits per heavy atom. The SMILES string of the molecule is CCCCCCOc1ccc(N)c(C(=O)O)c1. The van der Waals surface area contributed by atoms with Crippen LogP contribution in [0.4, 0.5) is 5.69 Å². The van der Waals surface area contributed by atoms with Gasteiger partial charge in [0.1, 0.15) is 5.75 Å². The number of benzene rings is 1. The number of carboxylic acids is 1. The fourth-order valence-electron chi connectivity index (χ4n) is 1.53. The lowest BCUT2D eigenvalue weighted by Gasteiger charge is -2.08. The molecule has 4 nitrogen and oxygen atoms in total. The van der Waals surface area contributed by atoms with Crippen LogP contribution in [-0.2, 0) is 0 Å². The summed E-state index contributed by atoms with van der Waals surface area (Å²) in [6.45, 7) is 2.77. The molecule has 1 aromatic rings. The molecule has 0 radical (unpaired) electrons. The number of anilines is 1. The first kappa shape index (κ1) is 13.4. The fourth-order valence-corrected chi connectivity index (χ4v) is 1.53. The van der Waals surface area contributed by atoms with Crippen LogP contribution < -0.4 is 10.5 Å². The van der Waals surface area contributed by atoms with Crippen LogP contribution in [0.3, 0.4) is 0 Å². The minimum Gasteiger partial charge on any atom is -0.494 e. The molecule has 0 aliphatic carbocycles. The quantitative estimate of drug-likeness (QED) is 0.565. The normalized spacial score (nSPS) is 10.2. The van der Waals surface area contributed by atoms with E-state index in [0.717, 1.165) is 12.8 Å². The zero-order chi connectivity index (χ0) is 12.7. The van der Waals surface area contributed by atoms with Crippen molar-refractivity contribution in [3.63, 3.8) is 0 Å². The van der Waals surface area contributed by atoms with Crippen molar-refractivity contribution < 1.29 is 14.6 Å². The molecule has 0 bridgehead atoms. The first-order chi connectivity index (χ1) is 8.15. The summed E-state index contributed by atoms with van der Waals surface area (Å²) in [5.41, 5.74) is 5.90. The summed E-state index contributed by atoms with van der Waals surface area (Å²) in [5.74, 6) is -0.466. The molecule has 0 saturated carbocycles. The number of hydrogen-bond acceptors (Lipinski definition) is 3. The van der Waals surface area contributed by atoms with Crippen molar-refractivity contribution in [3.05, 3.63) is 23.8 Å². The molecule has 0 aromatic heterocycles. The first-order valence-electron chi connectivity index (χ1n) is 5.90. The van der Waals surface area contributed by atoms with Gasteiger partial charge in [0.05, 0.1) is 12.2 Å². The summed E-state index contributed by atoms with van der Waals surface area (Å²) < 4.78 is 5.48. The van der Waals surface area contributed by atoms with Crippen molar-refractivity contribution in [2.45, 2.75) is 32.6 Å². The number of unbranched alkanes of at least 4 members (excludes halogenated alkanes) is 3. The van der Waals surface area contributed by atoms with Crippen LogP contribution in [-0.4, -0.2) is 17.7 Å². The molecule has 0 unspecified atom stereocenters. The fraction of sp³-hybridized carbons (Fsp3) is 0.462. The third-order valence-corrected chi connectivity index (χ3v) is 2.52. The third-order valence-electron chi connectivity index (χ3n) is 2.52. The average Bonchev–Trinajstić information content (AvgIpc) is 2.30. The van der Waals surface area contributed by atoms with Gasteiger partial charge in [-0.15, -0.1) is 0 Å². The molecule has 0 fully saturated rings. The molecule has 0 heterocycles. The first-order valence-corrected chi connectivity index (χ1v) is 5.90. The molecule has 0 atom stereocenters. The maximum absolute atomic E-state index is 10.9. The second-order valence-corrected chi connectivity index (χ2v) is 3.96. The van der Waals surface area contributed by atoms with E-state index in [-0.39, 0.29) is 11.3 Å². The number of aromatic carboxylic acids is 1. The summed E-state index contributed by atoms with van der Waals surface area (Å²) in [6, 6.07) is 4.73. The summed E-state index contributed by atoms with van der Waals surface area (Å²) in [5, 5.41) is 8.90. The van der Waals surface area contributed by atoms with E-state index in [1.165, 1.54) is 18.9 Å². The maximum Gasteiger partial charge on any atom is 0.337 e. The van der Waals surface area contributed by atoms with Gasteiger partial charge in [-0.1, -0.05) is 26.2 Å². The van der Waals surface area contributed by atoms with Crippen molar-refractivity contribution in [3.8, 4) is 5.75 Å². The highest BCUT2D eigenvalue weighted by Gasteiger charge is 2.08. The molecule has 1 aromatic carbocycles. The number of carboxylic acid groups (broad SMARTS) is 1. The Bertz CT molecular complexity index is 377. The van der Waals surface area contributed by atoms with Crippen LogP contribution in [0.2, 0.25) is 0 Å². The Kier molecular flexibility index (Phi) is 5.33. The van der Waals surface area contributed by atoms with Gasteiger partial charge >= 0.3 is 5.97 Å². The highest BCUT2D eigenvalue weighted by atomic mass is 16.5. The van der Waals surface area contributed by atoms with E-state index < -0.39 is 5.97 Å². The van der Waals surface area contributed by atoms with Crippen LogP contribution in [0.25, 0.3) is 0 Å². The second-order valence-electron chi connectivity index (χ2n) is 3.96. The predicted molar refractivity (Wildman–Crippen MR) is 67.5 cm³/mol. The molecule has 0 saturated heterocycles.